The number of benzene rings is 2. The summed E-state index contributed by atoms with van der Waals surface area (Å²) in [5.41, 5.74) is 4.47. The Morgan fingerprint density at radius 1 is 0.909 bits per heavy atom. The smallest absolute Gasteiger partial charge is 0.338 e. The summed E-state index contributed by atoms with van der Waals surface area (Å²) in [5.74, 6) is -3.34. The molecule has 4 nitrogen and oxygen atoms in total. The first kappa shape index (κ1) is 18.2. The minimum Gasteiger partial charge on any atom is -0.478 e. The Labute approximate surface area is 141 Å². The number of rotatable bonds is 2. The number of aromatic carboxylic acids is 1. The van der Waals surface area contributed by atoms with Crippen LogP contribution in [-0.4, -0.2) is 17.0 Å². The number of nitrogens with two attached hydrogens (primary N) is 1. The number of amides is 1. The van der Waals surface area contributed by atoms with Gasteiger partial charge in [0.05, 0.1) is 11.1 Å². The highest BCUT2D eigenvalue weighted by Crippen LogP contribution is 2.15. The first-order valence-electron chi connectivity index (χ1n) is 5.65. The van der Waals surface area contributed by atoms with E-state index in [-0.39, 0.29) is 11.1 Å². The minimum atomic E-state index is -1.25. The molecule has 8 heteroatoms. The molecule has 0 saturated heterocycles. The molecule has 0 aliphatic carbocycles. The van der Waals surface area contributed by atoms with Crippen molar-refractivity contribution in [1.82, 2.24) is 0 Å². The molecule has 0 saturated carbocycles. The average molecular weight is 437 g/mol. The molecule has 22 heavy (non-hydrogen) atoms. The van der Waals surface area contributed by atoms with Crippen LogP contribution < -0.4 is 5.73 Å². The zero-order valence-corrected chi connectivity index (χ0v) is 14.0. The van der Waals surface area contributed by atoms with E-state index >= 15 is 0 Å². The van der Waals surface area contributed by atoms with E-state index in [0.717, 1.165) is 6.07 Å². The summed E-state index contributed by atoms with van der Waals surface area (Å²) in [6.07, 6.45) is 0. The van der Waals surface area contributed by atoms with E-state index in [1.807, 2.05) is 0 Å². The van der Waals surface area contributed by atoms with E-state index in [2.05, 4.69) is 31.9 Å². The summed E-state index contributed by atoms with van der Waals surface area (Å²) in [7, 11) is 0. The van der Waals surface area contributed by atoms with E-state index in [0.29, 0.717) is 8.95 Å². The molecule has 1 amide bonds. The van der Waals surface area contributed by atoms with Crippen LogP contribution in [0.25, 0.3) is 0 Å². The van der Waals surface area contributed by atoms with Crippen molar-refractivity contribution < 1.29 is 23.5 Å². The van der Waals surface area contributed by atoms with Crippen LogP contribution in [0.4, 0.5) is 8.78 Å². The van der Waals surface area contributed by atoms with Crippen LogP contribution in [0.3, 0.4) is 0 Å². The topological polar surface area (TPSA) is 80.4 Å². The van der Waals surface area contributed by atoms with Crippen molar-refractivity contribution in [1.29, 1.82) is 0 Å². The summed E-state index contributed by atoms with van der Waals surface area (Å²) in [6, 6.07) is 7.89. The summed E-state index contributed by atoms with van der Waals surface area (Å²) >= 11 is 6.07. The fraction of sp³-hybridized carbons (Fsp3) is 0. The number of carbonyl (C=O) groups excluding carboxylic acids is 1. The van der Waals surface area contributed by atoms with E-state index in [1.165, 1.54) is 24.3 Å². The standard InChI is InChI=1S/C7H5BrFNO.C7H4BrFO2/c2*8-4-1-2-5(7(10)11)6(9)3-4/h1-3H,(H2,10,11);1-3H,(H,10,11). The molecule has 0 radical (unpaired) electrons. The van der Waals surface area contributed by atoms with Gasteiger partial charge < -0.3 is 10.8 Å². The van der Waals surface area contributed by atoms with Crippen LogP contribution in [0.2, 0.25) is 0 Å². The summed E-state index contributed by atoms with van der Waals surface area (Å²) in [5, 5.41) is 8.40. The molecule has 116 valence electrons. The van der Waals surface area contributed by atoms with Crippen molar-refractivity contribution in [2.75, 3.05) is 0 Å². The van der Waals surface area contributed by atoms with Gasteiger partial charge in [0.2, 0.25) is 0 Å². The van der Waals surface area contributed by atoms with Gasteiger partial charge in [-0.05, 0) is 36.4 Å². The Bertz CT molecular complexity index is 662. The van der Waals surface area contributed by atoms with Gasteiger partial charge in [-0.2, -0.15) is 0 Å². The maximum Gasteiger partial charge on any atom is 0.338 e. The predicted molar refractivity (Wildman–Crippen MR) is 83.7 cm³/mol. The van der Waals surface area contributed by atoms with Gasteiger partial charge in [0.15, 0.2) is 0 Å². The number of carbonyl (C=O) groups is 2. The van der Waals surface area contributed by atoms with Gasteiger partial charge in [0, 0.05) is 8.95 Å². The molecule has 0 spiro atoms. The molecule has 0 fully saturated rings. The van der Waals surface area contributed by atoms with Crippen LogP contribution in [-0.2, 0) is 0 Å². The second-order valence-corrected chi connectivity index (χ2v) is 5.75. The lowest BCUT2D eigenvalue weighted by atomic mass is 10.2. The summed E-state index contributed by atoms with van der Waals surface area (Å²) in [4.78, 5) is 20.8. The highest BCUT2D eigenvalue weighted by molar-refractivity contribution is 9.10. The Morgan fingerprint density at radius 2 is 1.32 bits per heavy atom. The Kier molecular flexibility index (Phi) is 6.63. The minimum absolute atomic E-state index is 0.0896. The van der Waals surface area contributed by atoms with Crippen LogP contribution >= 0.6 is 31.9 Å². The van der Waals surface area contributed by atoms with Gasteiger partial charge in [-0.1, -0.05) is 31.9 Å². The number of halogens is 4. The molecule has 0 aliphatic rings. The molecule has 0 unspecified atom stereocenters. The van der Waals surface area contributed by atoms with E-state index in [4.69, 9.17) is 10.8 Å². The van der Waals surface area contributed by atoms with Crippen LogP contribution in [0.1, 0.15) is 20.7 Å². The largest absolute Gasteiger partial charge is 0.478 e. The van der Waals surface area contributed by atoms with Gasteiger partial charge in [0.1, 0.15) is 11.6 Å². The molecule has 2 rings (SSSR count). The third-order valence-electron chi connectivity index (χ3n) is 2.36. The third kappa shape index (κ3) is 5.19. The van der Waals surface area contributed by atoms with Gasteiger partial charge in [-0.15, -0.1) is 0 Å². The molecule has 0 heterocycles. The summed E-state index contributed by atoms with van der Waals surface area (Å²) in [6.45, 7) is 0. The van der Waals surface area contributed by atoms with Crippen molar-refractivity contribution in [2.45, 2.75) is 0 Å². The predicted octanol–water partition coefficient (Wildman–Crippen LogP) is 3.97. The monoisotopic (exact) mass is 435 g/mol. The highest BCUT2D eigenvalue weighted by atomic mass is 79.9. The Balaban J connectivity index is 0.000000220. The molecule has 3 N–H and O–H groups in total. The van der Waals surface area contributed by atoms with Gasteiger partial charge in [-0.3, -0.25) is 4.79 Å². The zero-order valence-electron chi connectivity index (χ0n) is 10.8. The van der Waals surface area contributed by atoms with Crippen molar-refractivity contribution in [3.05, 3.63) is 68.1 Å². The molecule has 0 aliphatic heterocycles. The fourth-order valence-corrected chi connectivity index (χ4v) is 2.02. The average Bonchev–Trinajstić information content (AvgIpc) is 2.38. The van der Waals surface area contributed by atoms with E-state index in [1.54, 1.807) is 6.07 Å². The van der Waals surface area contributed by atoms with Crippen molar-refractivity contribution in [3.63, 3.8) is 0 Å². The third-order valence-corrected chi connectivity index (χ3v) is 3.34. The molecule has 2 aromatic carbocycles. The van der Waals surface area contributed by atoms with E-state index < -0.39 is 23.5 Å². The van der Waals surface area contributed by atoms with Crippen LogP contribution in [0.15, 0.2) is 45.3 Å². The Morgan fingerprint density at radius 3 is 1.64 bits per heavy atom. The SMILES string of the molecule is NC(=O)c1ccc(Br)cc1F.O=C(O)c1ccc(Br)cc1F. The molecular formula is C14H9Br2F2NO3. The lowest BCUT2D eigenvalue weighted by Crippen LogP contribution is -2.12. The molecule has 0 bridgehead atoms. The van der Waals surface area contributed by atoms with Crippen molar-refractivity contribution >= 4 is 43.7 Å². The maximum atomic E-state index is 12.8. The number of hydrogen-bond acceptors (Lipinski definition) is 2. The molecule has 0 atom stereocenters. The second-order valence-electron chi connectivity index (χ2n) is 3.92. The van der Waals surface area contributed by atoms with Gasteiger partial charge in [0.25, 0.3) is 5.91 Å². The first-order valence-corrected chi connectivity index (χ1v) is 7.24. The van der Waals surface area contributed by atoms with E-state index in [9.17, 15) is 18.4 Å². The number of carboxylic acid groups (broad SMARTS) is 1. The van der Waals surface area contributed by atoms with Gasteiger partial charge >= 0.3 is 5.97 Å². The lowest BCUT2D eigenvalue weighted by Gasteiger charge is -1.96. The Hall–Kier alpha value is -1.80. The van der Waals surface area contributed by atoms with Crippen molar-refractivity contribution in [2.24, 2.45) is 5.73 Å². The lowest BCUT2D eigenvalue weighted by molar-refractivity contribution is 0.0691. The number of hydrogen-bond donors (Lipinski definition) is 2. The second kappa shape index (κ2) is 8.00. The van der Waals surface area contributed by atoms with Gasteiger partial charge in [-0.25, -0.2) is 13.6 Å². The number of carboxylic acids is 1. The van der Waals surface area contributed by atoms with Crippen LogP contribution in [0.5, 0.6) is 0 Å². The highest BCUT2D eigenvalue weighted by Gasteiger charge is 2.09. The molecular weight excluding hydrogens is 428 g/mol. The van der Waals surface area contributed by atoms with Crippen LogP contribution in [0, 0.1) is 11.6 Å². The van der Waals surface area contributed by atoms with Crippen molar-refractivity contribution in [3.8, 4) is 0 Å². The zero-order chi connectivity index (χ0) is 16.9. The fourth-order valence-electron chi connectivity index (χ4n) is 1.35. The number of primary amides is 1. The molecule has 2 aromatic rings. The normalized spacial score (nSPS) is 9.64. The maximum absolute atomic E-state index is 12.8. The summed E-state index contributed by atoms with van der Waals surface area (Å²) < 4.78 is 26.6. The quantitative estimate of drug-likeness (QED) is 0.747. The molecule has 0 aromatic heterocycles. The first-order chi connectivity index (χ1) is 10.2.